The van der Waals surface area contributed by atoms with Gasteiger partial charge in [0.05, 0.1) is 0 Å². The number of thiocarbonyl (C=S) groups is 1. The quantitative estimate of drug-likeness (QED) is 0.869. The SMILES string of the molecule is CC(C)(C)N1CCN(Cc2cc(C(N)=S)ccc2F)CC1. The Bertz CT molecular complexity index is 517. The largest absolute Gasteiger partial charge is 0.389 e. The van der Waals surface area contributed by atoms with Gasteiger partial charge in [0.2, 0.25) is 0 Å². The number of nitrogens with two attached hydrogens (primary N) is 1. The van der Waals surface area contributed by atoms with Crippen LogP contribution in [0.15, 0.2) is 18.2 Å². The third kappa shape index (κ3) is 4.22. The van der Waals surface area contributed by atoms with Gasteiger partial charge >= 0.3 is 0 Å². The Morgan fingerprint density at radius 1 is 1.24 bits per heavy atom. The number of rotatable bonds is 3. The third-order valence-corrected chi connectivity index (χ3v) is 4.28. The molecule has 1 fully saturated rings. The van der Waals surface area contributed by atoms with Crippen LogP contribution in [-0.4, -0.2) is 46.5 Å². The lowest BCUT2D eigenvalue weighted by molar-refractivity contribution is 0.0586. The van der Waals surface area contributed by atoms with Crippen molar-refractivity contribution >= 4 is 17.2 Å². The van der Waals surface area contributed by atoms with Gasteiger partial charge in [-0.1, -0.05) is 12.2 Å². The molecule has 0 aromatic heterocycles. The number of hydrogen-bond donors (Lipinski definition) is 1. The lowest BCUT2D eigenvalue weighted by Gasteiger charge is -2.42. The van der Waals surface area contributed by atoms with Crippen molar-refractivity contribution in [3.05, 3.63) is 35.1 Å². The normalized spacial score (nSPS) is 17.9. The molecule has 1 heterocycles. The molecule has 0 spiro atoms. The molecule has 1 aliphatic rings. The van der Waals surface area contributed by atoms with Gasteiger partial charge in [0, 0.05) is 49.4 Å². The number of benzene rings is 1. The molecular formula is C16H24FN3S. The van der Waals surface area contributed by atoms with Crippen LogP contribution < -0.4 is 5.73 Å². The Morgan fingerprint density at radius 3 is 2.38 bits per heavy atom. The Morgan fingerprint density at radius 2 is 1.86 bits per heavy atom. The molecular weight excluding hydrogens is 285 g/mol. The summed E-state index contributed by atoms with van der Waals surface area (Å²) in [5, 5.41) is 0. The molecule has 1 aromatic carbocycles. The van der Waals surface area contributed by atoms with Crippen LogP contribution in [0.2, 0.25) is 0 Å². The van der Waals surface area contributed by atoms with Crippen molar-refractivity contribution in [2.45, 2.75) is 32.9 Å². The fourth-order valence-corrected chi connectivity index (χ4v) is 2.79. The molecule has 5 heteroatoms. The monoisotopic (exact) mass is 309 g/mol. The van der Waals surface area contributed by atoms with E-state index in [1.165, 1.54) is 6.07 Å². The lowest BCUT2D eigenvalue weighted by atomic mass is 10.0. The van der Waals surface area contributed by atoms with Crippen LogP contribution >= 0.6 is 12.2 Å². The van der Waals surface area contributed by atoms with E-state index in [2.05, 4.69) is 30.6 Å². The van der Waals surface area contributed by atoms with Crippen LogP contribution in [0.25, 0.3) is 0 Å². The van der Waals surface area contributed by atoms with Crippen molar-refractivity contribution < 1.29 is 4.39 Å². The first kappa shape index (κ1) is 16.3. The van der Waals surface area contributed by atoms with E-state index in [1.54, 1.807) is 12.1 Å². The second-order valence-corrected chi connectivity index (χ2v) is 7.04. The first-order valence-electron chi connectivity index (χ1n) is 7.33. The van der Waals surface area contributed by atoms with Crippen LogP contribution in [0.3, 0.4) is 0 Å². The molecule has 2 rings (SSSR count). The summed E-state index contributed by atoms with van der Waals surface area (Å²) in [6.07, 6.45) is 0. The fraction of sp³-hybridized carbons (Fsp3) is 0.562. The van der Waals surface area contributed by atoms with Gasteiger partial charge in [-0.3, -0.25) is 9.80 Å². The Labute approximate surface area is 131 Å². The molecule has 2 N–H and O–H groups in total. The molecule has 0 bridgehead atoms. The summed E-state index contributed by atoms with van der Waals surface area (Å²) in [5.74, 6) is -0.187. The maximum Gasteiger partial charge on any atom is 0.127 e. The molecule has 21 heavy (non-hydrogen) atoms. The van der Waals surface area contributed by atoms with E-state index in [0.29, 0.717) is 17.1 Å². The lowest BCUT2D eigenvalue weighted by Crippen LogP contribution is -2.53. The minimum absolute atomic E-state index is 0.187. The van der Waals surface area contributed by atoms with Gasteiger partial charge in [0.25, 0.3) is 0 Å². The highest BCUT2D eigenvalue weighted by atomic mass is 32.1. The summed E-state index contributed by atoms with van der Waals surface area (Å²) < 4.78 is 13.9. The highest BCUT2D eigenvalue weighted by molar-refractivity contribution is 7.80. The molecule has 0 amide bonds. The maximum absolute atomic E-state index is 13.9. The zero-order valence-corrected chi connectivity index (χ0v) is 13.8. The topological polar surface area (TPSA) is 32.5 Å². The number of nitrogens with zero attached hydrogens (tertiary/aromatic N) is 2. The average molecular weight is 309 g/mol. The molecule has 116 valence electrons. The van der Waals surface area contributed by atoms with Crippen LogP contribution in [0.4, 0.5) is 4.39 Å². The highest BCUT2D eigenvalue weighted by Crippen LogP contribution is 2.18. The van der Waals surface area contributed by atoms with Crippen LogP contribution in [0.5, 0.6) is 0 Å². The maximum atomic E-state index is 13.9. The van der Waals surface area contributed by atoms with Gasteiger partial charge in [-0.25, -0.2) is 4.39 Å². The smallest absolute Gasteiger partial charge is 0.127 e. The molecule has 0 unspecified atom stereocenters. The minimum atomic E-state index is -0.187. The summed E-state index contributed by atoms with van der Waals surface area (Å²) in [5.41, 5.74) is 7.22. The number of piperazine rings is 1. The Kier molecular flexibility index (Phi) is 4.96. The molecule has 3 nitrogen and oxygen atoms in total. The zero-order chi connectivity index (χ0) is 15.6. The van der Waals surface area contributed by atoms with Gasteiger partial charge in [0.15, 0.2) is 0 Å². The second kappa shape index (κ2) is 6.38. The molecule has 0 atom stereocenters. The number of halogens is 1. The predicted octanol–water partition coefficient (Wildman–Crippen LogP) is 2.38. The fourth-order valence-electron chi connectivity index (χ4n) is 2.67. The van der Waals surface area contributed by atoms with E-state index in [4.69, 9.17) is 18.0 Å². The van der Waals surface area contributed by atoms with Gasteiger partial charge in [-0.05, 0) is 39.0 Å². The van der Waals surface area contributed by atoms with E-state index in [0.717, 1.165) is 31.7 Å². The van der Waals surface area contributed by atoms with Crippen molar-refractivity contribution in [1.29, 1.82) is 0 Å². The Hall–Kier alpha value is -1.04. The first-order valence-corrected chi connectivity index (χ1v) is 7.74. The highest BCUT2D eigenvalue weighted by Gasteiger charge is 2.26. The van der Waals surface area contributed by atoms with E-state index >= 15 is 0 Å². The summed E-state index contributed by atoms with van der Waals surface area (Å²) in [6.45, 7) is 11.2. The van der Waals surface area contributed by atoms with Crippen LogP contribution in [0, 0.1) is 5.82 Å². The second-order valence-electron chi connectivity index (χ2n) is 6.60. The van der Waals surface area contributed by atoms with E-state index in [-0.39, 0.29) is 11.4 Å². The zero-order valence-electron chi connectivity index (χ0n) is 13.0. The molecule has 0 radical (unpaired) electrons. The van der Waals surface area contributed by atoms with E-state index < -0.39 is 0 Å². The summed E-state index contributed by atoms with van der Waals surface area (Å²) in [7, 11) is 0. The van der Waals surface area contributed by atoms with Crippen molar-refractivity contribution in [2.75, 3.05) is 26.2 Å². The third-order valence-electron chi connectivity index (χ3n) is 4.05. The average Bonchev–Trinajstić information content (AvgIpc) is 2.40. The molecule has 1 aliphatic heterocycles. The van der Waals surface area contributed by atoms with Crippen LogP contribution in [0.1, 0.15) is 31.9 Å². The molecule has 1 aromatic rings. The summed E-state index contributed by atoms with van der Waals surface area (Å²) in [4.78, 5) is 5.06. The minimum Gasteiger partial charge on any atom is -0.389 e. The van der Waals surface area contributed by atoms with Crippen LogP contribution in [-0.2, 0) is 6.54 Å². The molecule has 0 saturated carbocycles. The van der Waals surface area contributed by atoms with E-state index in [9.17, 15) is 4.39 Å². The van der Waals surface area contributed by atoms with Crippen molar-refractivity contribution in [1.82, 2.24) is 9.80 Å². The van der Waals surface area contributed by atoms with Gasteiger partial charge < -0.3 is 5.73 Å². The summed E-state index contributed by atoms with van der Waals surface area (Å²) in [6, 6.07) is 4.86. The first-order chi connectivity index (χ1) is 9.77. The molecule has 1 saturated heterocycles. The Balaban J connectivity index is 2.01. The van der Waals surface area contributed by atoms with Gasteiger partial charge in [0.1, 0.15) is 10.8 Å². The van der Waals surface area contributed by atoms with E-state index in [1.807, 2.05) is 0 Å². The van der Waals surface area contributed by atoms with Crippen molar-refractivity contribution in [3.8, 4) is 0 Å². The summed E-state index contributed by atoms with van der Waals surface area (Å²) >= 11 is 4.96. The van der Waals surface area contributed by atoms with Crippen molar-refractivity contribution in [2.24, 2.45) is 5.73 Å². The van der Waals surface area contributed by atoms with Gasteiger partial charge in [-0.2, -0.15) is 0 Å². The number of hydrogen-bond acceptors (Lipinski definition) is 3. The predicted molar refractivity (Wildman–Crippen MR) is 88.9 cm³/mol. The van der Waals surface area contributed by atoms with Gasteiger partial charge in [-0.15, -0.1) is 0 Å². The standard InChI is InChI=1S/C16H24FN3S/c1-16(2,3)20-8-6-19(7-9-20)11-13-10-12(15(18)21)4-5-14(13)17/h4-5,10H,6-9,11H2,1-3H3,(H2,18,21). The van der Waals surface area contributed by atoms with Crippen molar-refractivity contribution in [3.63, 3.8) is 0 Å². The molecule has 0 aliphatic carbocycles.